The summed E-state index contributed by atoms with van der Waals surface area (Å²) in [6.07, 6.45) is -0.571. The van der Waals surface area contributed by atoms with Crippen molar-refractivity contribution in [2.75, 3.05) is 0 Å². The first-order valence-corrected chi connectivity index (χ1v) is 4.42. The maximum atomic E-state index is 11.3. The van der Waals surface area contributed by atoms with Crippen LogP contribution in [0.2, 0.25) is 0 Å². The average molecular weight is 201 g/mol. The molecule has 0 aromatic rings. The lowest BCUT2D eigenvalue weighted by molar-refractivity contribution is -0.140. The molecule has 0 saturated carbocycles. The van der Waals surface area contributed by atoms with Gasteiger partial charge in [0.05, 0.1) is 0 Å². The van der Waals surface area contributed by atoms with Gasteiger partial charge in [0.1, 0.15) is 6.10 Å². The van der Waals surface area contributed by atoms with Gasteiger partial charge in [-0.2, -0.15) is 4.90 Å². The highest BCUT2D eigenvalue weighted by molar-refractivity contribution is 6.07. The van der Waals surface area contributed by atoms with Gasteiger partial charge in [-0.25, -0.2) is 4.79 Å². The van der Waals surface area contributed by atoms with E-state index >= 15 is 0 Å². The summed E-state index contributed by atoms with van der Waals surface area (Å²) >= 11 is 0. The number of carbonyl (C=O) groups is 3. The number of hydrogen-bond acceptors (Lipinski definition) is 4. The minimum atomic E-state index is -0.903. The lowest BCUT2D eigenvalue weighted by atomic mass is 10.3. The van der Waals surface area contributed by atoms with Crippen molar-refractivity contribution in [3.05, 3.63) is 0 Å². The number of nitrogens with zero attached hydrogens (tertiary/aromatic N) is 1. The van der Waals surface area contributed by atoms with E-state index in [1.54, 1.807) is 6.92 Å². The van der Waals surface area contributed by atoms with Crippen LogP contribution in [0.5, 0.6) is 0 Å². The minimum Gasteiger partial charge on any atom is -0.446 e. The third-order valence-electron chi connectivity index (χ3n) is 1.69. The fourth-order valence-electron chi connectivity index (χ4n) is 0.787. The van der Waals surface area contributed by atoms with Crippen molar-refractivity contribution < 1.29 is 19.1 Å². The molecule has 0 heterocycles. The highest BCUT2D eigenvalue weighted by Gasteiger charge is 2.24. The summed E-state index contributed by atoms with van der Waals surface area (Å²) in [5.74, 6) is -1.27. The van der Waals surface area contributed by atoms with Gasteiger partial charge in [0, 0.05) is 13.8 Å². The molecule has 5 heteroatoms. The first-order chi connectivity index (χ1) is 6.40. The van der Waals surface area contributed by atoms with Crippen molar-refractivity contribution in [2.24, 2.45) is 0 Å². The standard InChI is InChI=1S/C9H15NO4/c1-5-6(2)14-9(13)10(7(3)11)8(4)12/h6H,5H2,1-4H3. The topological polar surface area (TPSA) is 63.7 Å². The number of rotatable bonds is 2. The molecule has 0 aromatic heterocycles. The van der Waals surface area contributed by atoms with E-state index in [0.717, 1.165) is 13.8 Å². The Morgan fingerprint density at radius 2 is 1.64 bits per heavy atom. The number of carbonyl (C=O) groups excluding carboxylic acids is 3. The van der Waals surface area contributed by atoms with Crippen LogP contribution in [0.3, 0.4) is 0 Å². The Labute approximate surface area is 83.0 Å². The van der Waals surface area contributed by atoms with Crippen molar-refractivity contribution in [3.8, 4) is 0 Å². The summed E-state index contributed by atoms with van der Waals surface area (Å²) in [6, 6.07) is 0. The molecule has 5 nitrogen and oxygen atoms in total. The van der Waals surface area contributed by atoms with Crippen molar-refractivity contribution in [3.63, 3.8) is 0 Å². The van der Waals surface area contributed by atoms with Gasteiger partial charge in [0.2, 0.25) is 11.8 Å². The van der Waals surface area contributed by atoms with Gasteiger partial charge >= 0.3 is 6.09 Å². The Balaban J connectivity index is 4.46. The molecule has 0 spiro atoms. The van der Waals surface area contributed by atoms with E-state index in [0.29, 0.717) is 11.3 Å². The molecular weight excluding hydrogens is 186 g/mol. The van der Waals surface area contributed by atoms with Crippen LogP contribution in [0.1, 0.15) is 34.1 Å². The Morgan fingerprint density at radius 3 is 1.93 bits per heavy atom. The Hall–Kier alpha value is -1.39. The van der Waals surface area contributed by atoms with E-state index in [9.17, 15) is 14.4 Å². The van der Waals surface area contributed by atoms with Crippen molar-refractivity contribution in [1.82, 2.24) is 4.90 Å². The molecule has 0 bridgehead atoms. The van der Waals surface area contributed by atoms with Gasteiger partial charge < -0.3 is 4.74 Å². The zero-order chi connectivity index (χ0) is 11.3. The van der Waals surface area contributed by atoms with Crippen molar-refractivity contribution >= 4 is 17.9 Å². The van der Waals surface area contributed by atoms with Crippen LogP contribution in [0, 0.1) is 0 Å². The average Bonchev–Trinajstić information content (AvgIpc) is 2.02. The van der Waals surface area contributed by atoms with E-state index < -0.39 is 17.9 Å². The molecule has 0 N–H and O–H groups in total. The van der Waals surface area contributed by atoms with Crippen LogP contribution < -0.4 is 0 Å². The molecule has 80 valence electrons. The molecule has 0 aliphatic rings. The lowest BCUT2D eigenvalue weighted by Gasteiger charge is -2.17. The molecule has 0 rings (SSSR count). The Bertz CT molecular complexity index is 235. The second-order valence-electron chi connectivity index (χ2n) is 2.98. The van der Waals surface area contributed by atoms with E-state index in [2.05, 4.69) is 0 Å². The predicted molar refractivity (Wildman–Crippen MR) is 49.4 cm³/mol. The molecule has 0 radical (unpaired) electrons. The molecule has 1 atom stereocenters. The summed E-state index contributed by atoms with van der Waals surface area (Å²) < 4.78 is 4.83. The van der Waals surface area contributed by atoms with Crippen LogP contribution in [-0.4, -0.2) is 28.9 Å². The number of hydrogen-bond donors (Lipinski definition) is 0. The summed E-state index contributed by atoms with van der Waals surface area (Å²) in [4.78, 5) is 33.5. The molecule has 1 unspecified atom stereocenters. The number of amides is 3. The van der Waals surface area contributed by atoms with E-state index in [-0.39, 0.29) is 6.10 Å². The fraction of sp³-hybridized carbons (Fsp3) is 0.667. The maximum absolute atomic E-state index is 11.3. The summed E-state index contributed by atoms with van der Waals surface area (Å²) in [6.45, 7) is 5.80. The third-order valence-corrected chi connectivity index (χ3v) is 1.69. The number of imide groups is 3. The predicted octanol–water partition coefficient (Wildman–Crippen LogP) is 1.32. The van der Waals surface area contributed by atoms with Crippen molar-refractivity contribution in [2.45, 2.75) is 40.2 Å². The normalized spacial score (nSPS) is 11.7. The fourth-order valence-corrected chi connectivity index (χ4v) is 0.787. The molecular formula is C9H15NO4. The largest absolute Gasteiger partial charge is 0.446 e. The van der Waals surface area contributed by atoms with Crippen LogP contribution in [0.4, 0.5) is 4.79 Å². The molecule has 0 aliphatic heterocycles. The number of ether oxygens (including phenoxy) is 1. The Kier molecular flexibility index (Phi) is 4.83. The molecule has 14 heavy (non-hydrogen) atoms. The van der Waals surface area contributed by atoms with Crippen LogP contribution in [0.15, 0.2) is 0 Å². The van der Waals surface area contributed by atoms with Crippen LogP contribution in [0.25, 0.3) is 0 Å². The molecule has 0 aliphatic carbocycles. The molecule has 0 saturated heterocycles. The van der Waals surface area contributed by atoms with Gasteiger partial charge in [0.25, 0.3) is 0 Å². The summed E-state index contributed by atoms with van der Waals surface area (Å²) in [5, 5.41) is 0. The summed E-state index contributed by atoms with van der Waals surface area (Å²) in [5.41, 5.74) is 0. The second-order valence-corrected chi connectivity index (χ2v) is 2.98. The highest BCUT2D eigenvalue weighted by atomic mass is 16.6. The van der Waals surface area contributed by atoms with E-state index in [4.69, 9.17) is 4.74 Å². The first-order valence-electron chi connectivity index (χ1n) is 4.42. The van der Waals surface area contributed by atoms with E-state index in [1.165, 1.54) is 0 Å². The monoisotopic (exact) mass is 201 g/mol. The van der Waals surface area contributed by atoms with Gasteiger partial charge in [-0.3, -0.25) is 9.59 Å². The molecule has 0 aromatic carbocycles. The quantitative estimate of drug-likeness (QED) is 0.675. The minimum absolute atomic E-state index is 0.302. The van der Waals surface area contributed by atoms with Gasteiger partial charge in [-0.05, 0) is 13.3 Å². The van der Waals surface area contributed by atoms with Crippen LogP contribution in [-0.2, 0) is 14.3 Å². The van der Waals surface area contributed by atoms with Gasteiger partial charge in [-0.1, -0.05) is 6.92 Å². The Morgan fingerprint density at radius 1 is 1.21 bits per heavy atom. The zero-order valence-electron chi connectivity index (χ0n) is 8.86. The van der Waals surface area contributed by atoms with Crippen molar-refractivity contribution in [1.29, 1.82) is 0 Å². The summed E-state index contributed by atoms with van der Waals surface area (Å²) in [7, 11) is 0. The lowest BCUT2D eigenvalue weighted by Crippen LogP contribution is -2.40. The maximum Gasteiger partial charge on any atom is 0.423 e. The smallest absolute Gasteiger partial charge is 0.423 e. The van der Waals surface area contributed by atoms with Crippen LogP contribution >= 0.6 is 0 Å². The molecule has 3 amide bonds. The SMILES string of the molecule is CCC(C)OC(=O)N(C(C)=O)C(C)=O. The first kappa shape index (κ1) is 12.6. The van der Waals surface area contributed by atoms with Gasteiger partial charge in [-0.15, -0.1) is 0 Å². The third kappa shape index (κ3) is 3.55. The van der Waals surface area contributed by atoms with Gasteiger partial charge in [0.15, 0.2) is 0 Å². The molecule has 0 fully saturated rings. The van der Waals surface area contributed by atoms with E-state index in [1.807, 2.05) is 6.92 Å². The highest BCUT2D eigenvalue weighted by Crippen LogP contribution is 2.02. The second kappa shape index (κ2) is 5.36. The zero-order valence-corrected chi connectivity index (χ0v) is 8.86.